The Morgan fingerprint density at radius 3 is 2.80 bits per heavy atom. The van der Waals surface area contributed by atoms with Crippen LogP contribution in [-0.2, 0) is 6.54 Å². The Morgan fingerprint density at radius 1 is 1.40 bits per heavy atom. The minimum absolute atomic E-state index is 0.214. The summed E-state index contributed by atoms with van der Waals surface area (Å²) >= 11 is 0. The summed E-state index contributed by atoms with van der Waals surface area (Å²) in [6, 6.07) is 4.03. The predicted molar refractivity (Wildman–Crippen MR) is 61.6 cm³/mol. The molecule has 0 aliphatic heterocycles. The zero-order chi connectivity index (χ0) is 11.1. The highest BCUT2D eigenvalue weighted by Gasteiger charge is 2.06. The van der Waals surface area contributed by atoms with Gasteiger partial charge in [0.15, 0.2) is 0 Å². The summed E-state index contributed by atoms with van der Waals surface area (Å²) in [6.07, 6.45) is 2.93. The summed E-state index contributed by atoms with van der Waals surface area (Å²) in [4.78, 5) is 6.59. The quantitative estimate of drug-likeness (QED) is 0.771. The van der Waals surface area contributed by atoms with Crippen LogP contribution in [0.3, 0.4) is 0 Å². The first kappa shape index (κ1) is 12.1. The highest BCUT2D eigenvalue weighted by molar-refractivity contribution is 5.17. The van der Waals surface area contributed by atoms with Crippen molar-refractivity contribution in [2.75, 3.05) is 19.7 Å². The van der Waals surface area contributed by atoms with Gasteiger partial charge in [-0.05, 0) is 31.5 Å². The van der Waals surface area contributed by atoms with Crippen molar-refractivity contribution in [2.45, 2.75) is 26.8 Å². The molecule has 3 nitrogen and oxygen atoms in total. The summed E-state index contributed by atoms with van der Waals surface area (Å²) < 4.78 is 0. The normalized spacial score (nSPS) is 10.9. The molecule has 1 heterocycles. The van der Waals surface area contributed by atoms with E-state index < -0.39 is 0 Å². The second-order valence-electron chi connectivity index (χ2n) is 3.77. The molecule has 1 rings (SSSR count). The maximum absolute atomic E-state index is 8.95. The molecule has 0 amide bonds. The largest absolute Gasteiger partial charge is 0.395 e. The van der Waals surface area contributed by atoms with Crippen LogP contribution in [0.25, 0.3) is 0 Å². The monoisotopic (exact) mass is 208 g/mol. The van der Waals surface area contributed by atoms with Gasteiger partial charge in [0, 0.05) is 19.3 Å². The van der Waals surface area contributed by atoms with Gasteiger partial charge < -0.3 is 5.11 Å². The van der Waals surface area contributed by atoms with Crippen molar-refractivity contribution in [3.05, 3.63) is 29.6 Å². The zero-order valence-electron chi connectivity index (χ0n) is 9.61. The Labute approximate surface area is 91.8 Å². The number of aromatic nitrogens is 1. The van der Waals surface area contributed by atoms with Crippen LogP contribution >= 0.6 is 0 Å². The number of hydrogen-bond acceptors (Lipinski definition) is 3. The third-order valence-corrected chi connectivity index (χ3v) is 2.45. The fourth-order valence-corrected chi connectivity index (χ4v) is 1.62. The van der Waals surface area contributed by atoms with E-state index in [9.17, 15) is 0 Å². The lowest BCUT2D eigenvalue weighted by atomic mass is 10.2. The molecule has 0 saturated carbocycles. The molecular formula is C12H20N2O. The number of hydrogen-bond donors (Lipinski definition) is 1. The van der Waals surface area contributed by atoms with E-state index in [1.165, 1.54) is 5.56 Å². The van der Waals surface area contributed by atoms with Crippen molar-refractivity contribution in [1.82, 2.24) is 9.88 Å². The second kappa shape index (κ2) is 6.53. The first-order chi connectivity index (χ1) is 7.27. The van der Waals surface area contributed by atoms with Crippen LogP contribution in [-0.4, -0.2) is 34.7 Å². The lowest BCUT2D eigenvalue weighted by Crippen LogP contribution is -2.28. The molecule has 0 atom stereocenters. The summed E-state index contributed by atoms with van der Waals surface area (Å²) in [7, 11) is 0. The summed E-state index contributed by atoms with van der Waals surface area (Å²) in [6.45, 7) is 7.01. The van der Waals surface area contributed by atoms with Gasteiger partial charge in [0.05, 0.1) is 12.3 Å². The zero-order valence-corrected chi connectivity index (χ0v) is 9.61. The molecule has 0 aliphatic rings. The maximum Gasteiger partial charge on any atom is 0.0573 e. The molecule has 1 N–H and O–H groups in total. The molecule has 0 aromatic carbocycles. The van der Waals surface area contributed by atoms with Gasteiger partial charge in [-0.3, -0.25) is 9.88 Å². The molecule has 0 radical (unpaired) electrons. The lowest BCUT2D eigenvalue weighted by molar-refractivity contribution is 0.188. The van der Waals surface area contributed by atoms with Crippen LogP contribution in [0.5, 0.6) is 0 Å². The molecule has 0 spiro atoms. The first-order valence-electron chi connectivity index (χ1n) is 5.51. The van der Waals surface area contributed by atoms with E-state index >= 15 is 0 Å². The van der Waals surface area contributed by atoms with E-state index in [2.05, 4.69) is 29.8 Å². The minimum Gasteiger partial charge on any atom is -0.395 e. The molecule has 1 aromatic rings. The average molecular weight is 208 g/mol. The van der Waals surface area contributed by atoms with Gasteiger partial charge in [-0.25, -0.2) is 0 Å². The van der Waals surface area contributed by atoms with Gasteiger partial charge >= 0.3 is 0 Å². The van der Waals surface area contributed by atoms with Crippen molar-refractivity contribution in [1.29, 1.82) is 0 Å². The minimum atomic E-state index is 0.214. The Balaban J connectivity index is 2.60. The molecule has 0 bridgehead atoms. The number of pyridine rings is 1. The van der Waals surface area contributed by atoms with Gasteiger partial charge in [-0.1, -0.05) is 13.0 Å². The van der Waals surface area contributed by atoms with E-state index in [1.54, 1.807) is 0 Å². The third kappa shape index (κ3) is 3.98. The first-order valence-corrected chi connectivity index (χ1v) is 5.51. The van der Waals surface area contributed by atoms with Crippen LogP contribution < -0.4 is 0 Å². The van der Waals surface area contributed by atoms with E-state index in [0.29, 0.717) is 0 Å². The van der Waals surface area contributed by atoms with Gasteiger partial charge in [-0.15, -0.1) is 0 Å². The van der Waals surface area contributed by atoms with Gasteiger partial charge in [0.25, 0.3) is 0 Å². The topological polar surface area (TPSA) is 36.4 Å². The summed E-state index contributed by atoms with van der Waals surface area (Å²) in [5, 5.41) is 8.95. The Morgan fingerprint density at radius 2 is 2.20 bits per heavy atom. The Kier molecular flexibility index (Phi) is 5.29. The molecule has 0 unspecified atom stereocenters. The maximum atomic E-state index is 8.95. The van der Waals surface area contributed by atoms with E-state index in [1.807, 2.05) is 12.3 Å². The highest BCUT2D eigenvalue weighted by atomic mass is 16.3. The van der Waals surface area contributed by atoms with Gasteiger partial charge in [0.1, 0.15) is 0 Å². The van der Waals surface area contributed by atoms with Crippen LogP contribution in [0.2, 0.25) is 0 Å². The van der Waals surface area contributed by atoms with Crippen molar-refractivity contribution in [2.24, 2.45) is 0 Å². The van der Waals surface area contributed by atoms with Crippen LogP contribution in [0.4, 0.5) is 0 Å². The second-order valence-corrected chi connectivity index (χ2v) is 3.77. The van der Waals surface area contributed by atoms with E-state index in [4.69, 9.17) is 5.11 Å². The highest BCUT2D eigenvalue weighted by Crippen LogP contribution is 2.07. The van der Waals surface area contributed by atoms with E-state index in [0.717, 1.165) is 31.7 Å². The molecule has 0 fully saturated rings. The van der Waals surface area contributed by atoms with Crippen LogP contribution in [0.1, 0.15) is 24.6 Å². The number of rotatable bonds is 6. The fourth-order valence-electron chi connectivity index (χ4n) is 1.62. The third-order valence-electron chi connectivity index (χ3n) is 2.45. The smallest absolute Gasteiger partial charge is 0.0573 e. The van der Waals surface area contributed by atoms with Crippen molar-refractivity contribution < 1.29 is 5.11 Å². The molecular weight excluding hydrogens is 188 g/mol. The molecule has 0 aliphatic carbocycles. The molecule has 15 heavy (non-hydrogen) atoms. The average Bonchev–Trinajstić information content (AvgIpc) is 2.22. The SMILES string of the molecule is CCCN(CCO)Cc1ncccc1C. The van der Waals surface area contributed by atoms with E-state index in [-0.39, 0.29) is 6.61 Å². The number of aryl methyl sites for hydroxylation is 1. The number of aliphatic hydroxyl groups is 1. The van der Waals surface area contributed by atoms with Crippen molar-refractivity contribution in [3.63, 3.8) is 0 Å². The number of nitrogens with zero attached hydrogens (tertiary/aromatic N) is 2. The molecule has 84 valence electrons. The lowest BCUT2D eigenvalue weighted by Gasteiger charge is -2.20. The van der Waals surface area contributed by atoms with Crippen molar-refractivity contribution >= 4 is 0 Å². The van der Waals surface area contributed by atoms with Gasteiger partial charge in [0.2, 0.25) is 0 Å². The van der Waals surface area contributed by atoms with Crippen LogP contribution in [0.15, 0.2) is 18.3 Å². The molecule has 1 aromatic heterocycles. The fraction of sp³-hybridized carbons (Fsp3) is 0.583. The number of aliphatic hydroxyl groups excluding tert-OH is 1. The standard InChI is InChI=1S/C12H20N2O/c1-3-7-14(8-9-15)10-12-11(2)5-4-6-13-12/h4-6,15H,3,7-10H2,1-2H3. The van der Waals surface area contributed by atoms with Gasteiger partial charge in [-0.2, -0.15) is 0 Å². The predicted octanol–water partition coefficient (Wildman–Crippen LogP) is 1.59. The molecule has 3 heteroatoms. The Bertz CT molecular complexity index is 283. The van der Waals surface area contributed by atoms with Crippen molar-refractivity contribution in [3.8, 4) is 0 Å². The van der Waals surface area contributed by atoms with Crippen LogP contribution in [0, 0.1) is 6.92 Å². The summed E-state index contributed by atoms with van der Waals surface area (Å²) in [5.74, 6) is 0. The summed E-state index contributed by atoms with van der Waals surface area (Å²) in [5.41, 5.74) is 2.33. The molecule has 0 saturated heterocycles. The Hall–Kier alpha value is -0.930.